The second-order valence-electron chi connectivity index (χ2n) is 7.18. The van der Waals surface area contributed by atoms with Crippen molar-refractivity contribution in [3.05, 3.63) is 78.4 Å². The van der Waals surface area contributed by atoms with E-state index in [0.717, 1.165) is 22.2 Å². The Morgan fingerprint density at radius 3 is 2.19 bits per heavy atom. The maximum atomic E-state index is 11.6. The highest BCUT2D eigenvalue weighted by molar-refractivity contribution is 5.89. The molecule has 4 aromatic rings. The quantitative estimate of drug-likeness (QED) is 0.379. The lowest BCUT2D eigenvalue weighted by Gasteiger charge is -2.12. The third kappa shape index (κ3) is 4.64. The van der Waals surface area contributed by atoms with Crippen molar-refractivity contribution >= 4 is 16.9 Å². The fraction of sp³-hybridized carbons (Fsp3) is 0.160. The summed E-state index contributed by atoms with van der Waals surface area (Å²) in [6, 6.07) is 22.1. The van der Waals surface area contributed by atoms with Crippen LogP contribution in [0, 0.1) is 0 Å². The zero-order valence-electron chi connectivity index (χ0n) is 17.5. The summed E-state index contributed by atoms with van der Waals surface area (Å²) in [5.74, 6) is 1.95. The molecule has 3 aromatic carbocycles. The molecule has 0 unspecified atom stereocenters. The lowest BCUT2D eigenvalue weighted by atomic mass is 10.2. The van der Waals surface area contributed by atoms with Gasteiger partial charge in [-0.25, -0.2) is 9.78 Å². The largest absolute Gasteiger partial charge is 0.491 e. The van der Waals surface area contributed by atoms with Crippen LogP contribution >= 0.6 is 0 Å². The van der Waals surface area contributed by atoms with Crippen molar-refractivity contribution in [2.45, 2.75) is 20.0 Å². The van der Waals surface area contributed by atoms with Crippen molar-refractivity contribution in [1.82, 2.24) is 9.97 Å². The number of nitrogens with zero attached hydrogens (tertiary/aromatic N) is 2. The minimum Gasteiger partial charge on any atom is -0.491 e. The standard InChI is InChI=1S/C25H22N2O4/c1-16(2)30-19-12-8-17(9-13-19)23-26-22-7-5-4-6-21(22)24(27-23)31-20-14-10-18(11-15-20)25(28)29-3/h4-16H,1-3H3. The summed E-state index contributed by atoms with van der Waals surface area (Å²) in [6.45, 7) is 3.98. The molecule has 0 saturated heterocycles. The summed E-state index contributed by atoms with van der Waals surface area (Å²) < 4.78 is 16.5. The fourth-order valence-corrected chi connectivity index (χ4v) is 3.10. The summed E-state index contributed by atoms with van der Waals surface area (Å²) >= 11 is 0. The number of ether oxygens (including phenoxy) is 3. The Bertz CT molecular complexity index is 1200. The molecule has 31 heavy (non-hydrogen) atoms. The summed E-state index contributed by atoms with van der Waals surface area (Å²) in [4.78, 5) is 21.0. The third-order valence-corrected chi connectivity index (χ3v) is 4.54. The molecule has 0 spiro atoms. The summed E-state index contributed by atoms with van der Waals surface area (Å²) in [5, 5.41) is 0.794. The summed E-state index contributed by atoms with van der Waals surface area (Å²) in [5.41, 5.74) is 2.08. The number of fused-ring (bicyclic) bond motifs is 1. The molecule has 1 heterocycles. The van der Waals surface area contributed by atoms with E-state index in [1.54, 1.807) is 24.3 Å². The molecular formula is C25H22N2O4. The number of carbonyl (C=O) groups excluding carboxylic acids is 1. The van der Waals surface area contributed by atoms with Gasteiger partial charge in [0.1, 0.15) is 11.5 Å². The molecule has 0 aliphatic heterocycles. The van der Waals surface area contributed by atoms with Crippen molar-refractivity contribution in [3.63, 3.8) is 0 Å². The third-order valence-electron chi connectivity index (χ3n) is 4.54. The van der Waals surface area contributed by atoms with Gasteiger partial charge in [0.25, 0.3) is 0 Å². The molecule has 0 N–H and O–H groups in total. The van der Waals surface area contributed by atoms with Crippen LogP contribution in [0.3, 0.4) is 0 Å². The second kappa shape index (κ2) is 8.83. The van der Waals surface area contributed by atoms with Gasteiger partial charge in [-0.15, -0.1) is 0 Å². The van der Waals surface area contributed by atoms with E-state index in [1.807, 2.05) is 62.4 Å². The molecule has 0 amide bonds. The smallest absolute Gasteiger partial charge is 0.337 e. The van der Waals surface area contributed by atoms with Gasteiger partial charge in [0.15, 0.2) is 5.82 Å². The zero-order valence-corrected chi connectivity index (χ0v) is 17.5. The second-order valence-corrected chi connectivity index (χ2v) is 7.18. The fourth-order valence-electron chi connectivity index (χ4n) is 3.10. The van der Waals surface area contributed by atoms with Crippen LogP contribution in [0.5, 0.6) is 17.4 Å². The first-order valence-corrected chi connectivity index (χ1v) is 9.93. The Labute approximate surface area is 180 Å². The molecule has 6 nitrogen and oxygen atoms in total. The normalized spacial score (nSPS) is 10.8. The van der Waals surface area contributed by atoms with E-state index < -0.39 is 5.97 Å². The number of methoxy groups -OCH3 is 1. The molecule has 0 fully saturated rings. The number of hydrogen-bond acceptors (Lipinski definition) is 6. The minimum absolute atomic E-state index is 0.105. The molecule has 0 aliphatic rings. The van der Waals surface area contributed by atoms with Gasteiger partial charge in [-0.1, -0.05) is 12.1 Å². The number of hydrogen-bond donors (Lipinski definition) is 0. The molecule has 0 aliphatic carbocycles. The highest BCUT2D eigenvalue weighted by Gasteiger charge is 2.12. The van der Waals surface area contributed by atoms with Gasteiger partial charge in [0, 0.05) is 5.56 Å². The average Bonchev–Trinajstić information content (AvgIpc) is 2.79. The van der Waals surface area contributed by atoms with Crippen LogP contribution in [0.1, 0.15) is 24.2 Å². The topological polar surface area (TPSA) is 70.5 Å². The van der Waals surface area contributed by atoms with E-state index in [4.69, 9.17) is 19.2 Å². The van der Waals surface area contributed by atoms with Crippen molar-refractivity contribution in [1.29, 1.82) is 0 Å². The molecule has 0 bridgehead atoms. The van der Waals surface area contributed by atoms with E-state index in [1.165, 1.54) is 7.11 Å². The Balaban J connectivity index is 1.69. The molecule has 0 atom stereocenters. The number of para-hydroxylation sites is 1. The number of rotatable bonds is 6. The highest BCUT2D eigenvalue weighted by atomic mass is 16.5. The van der Waals surface area contributed by atoms with Crippen molar-refractivity contribution in [2.24, 2.45) is 0 Å². The molecule has 4 rings (SSSR count). The van der Waals surface area contributed by atoms with Crippen LogP contribution in [0.2, 0.25) is 0 Å². The Morgan fingerprint density at radius 1 is 0.839 bits per heavy atom. The minimum atomic E-state index is -0.397. The van der Waals surface area contributed by atoms with Crippen molar-refractivity contribution < 1.29 is 19.0 Å². The van der Waals surface area contributed by atoms with Gasteiger partial charge in [-0.3, -0.25) is 0 Å². The number of aromatic nitrogens is 2. The average molecular weight is 414 g/mol. The molecule has 0 saturated carbocycles. The number of esters is 1. The first-order chi connectivity index (χ1) is 15.0. The molecule has 156 valence electrons. The first-order valence-electron chi connectivity index (χ1n) is 9.93. The molecule has 1 aromatic heterocycles. The van der Waals surface area contributed by atoms with E-state index >= 15 is 0 Å². The molecular weight excluding hydrogens is 392 g/mol. The van der Waals surface area contributed by atoms with Gasteiger partial charge in [0.2, 0.25) is 5.88 Å². The molecule has 0 radical (unpaired) electrons. The first kappa shape index (κ1) is 20.3. The SMILES string of the molecule is COC(=O)c1ccc(Oc2nc(-c3ccc(OC(C)C)cc3)nc3ccccc23)cc1. The zero-order chi connectivity index (χ0) is 21.8. The monoisotopic (exact) mass is 414 g/mol. The van der Waals surface area contributed by atoms with Gasteiger partial charge in [0.05, 0.1) is 29.7 Å². The Hall–Kier alpha value is -3.93. The van der Waals surface area contributed by atoms with Crippen LogP contribution in [0.4, 0.5) is 0 Å². The van der Waals surface area contributed by atoms with Crippen LogP contribution in [-0.4, -0.2) is 29.2 Å². The van der Waals surface area contributed by atoms with Crippen LogP contribution in [0.25, 0.3) is 22.3 Å². The van der Waals surface area contributed by atoms with Crippen LogP contribution < -0.4 is 9.47 Å². The van der Waals surface area contributed by atoms with E-state index in [-0.39, 0.29) is 6.10 Å². The van der Waals surface area contributed by atoms with Gasteiger partial charge >= 0.3 is 5.97 Å². The van der Waals surface area contributed by atoms with Crippen molar-refractivity contribution in [2.75, 3.05) is 7.11 Å². The van der Waals surface area contributed by atoms with Gasteiger partial charge in [-0.2, -0.15) is 4.98 Å². The Kier molecular flexibility index (Phi) is 5.80. The van der Waals surface area contributed by atoms with E-state index in [0.29, 0.717) is 23.0 Å². The van der Waals surface area contributed by atoms with E-state index in [9.17, 15) is 4.79 Å². The predicted molar refractivity (Wildman–Crippen MR) is 119 cm³/mol. The van der Waals surface area contributed by atoms with Crippen LogP contribution in [-0.2, 0) is 4.74 Å². The maximum Gasteiger partial charge on any atom is 0.337 e. The van der Waals surface area contributed by atoms with Gasteiger partial charge < -0.3 is 14.2 Å². The summed E-state index contributed by atoms with van der Waals surface area (Å²) in [7, 11) is 1.35. The van der Waals surface area contributed by atoms with Crippen LogP contribution in [0.15, 0.2) is 72.8 Å². The van der Waals surface area contributed by atoms with Crippen molar-refractivity contribution in [3.8, 4) is 28.8 Å². The molecule has 6 heteroatoms. The predicted octanol–water partition coefficient (Wildman–Crippen LogP) is 5.66. The lowest BCUT2D eigenvalue weighted by Crippen LogP contribution is -2.05. The number of benzene rings is 3. The highest BCUT2D eigenvalue weighted by Crippen LogP contribution is 2.31. The summed E-state index contributed by atoms with van der Waals surface area (Å²) in [6.07, 6.45) is 0.105. The maximum absolute atomic E-state index is 11.6. The lowest BCUT2D eigenvalue weighted by molar-refractivity contribution is 0.0600. The number of carbonyl (C=O) groups is 1. The van der Waals surface area contributed by atoms with Gasteiger partial charge in [-0.05, 0) is 74.5 Å². The van der Waals surface area contributed by atoms with E-state index in [2.05, 4.69) is 4.98 Å². The Morgan fingerprint density at radius 2 is 1.52 bits per heavy atom.